The van der Waals surface area contributed by atoms with E-state index >= 15 is 0 Å². The zero-order chi connectivity index (χ0) is 15.8. The zero-order valence-electron chi connectivity index (χ0n) is 12.7. The highest BCUT2D eigenvalue weighted by Gasteiger charge is 2.49. The molecule has 0 unspecified atom stereocenters. The maximum Gasteiger partial charge on any atom is 0.225 e. The van der Waals surface area contributed by atoms with Crippen molar-refractivity contribution in [2.24, 2.45) is 0 Å². The summed E-state index contributed by atoms with van der Waals surface area (Å²) in [5.41, 5.74) is 2.04. The molecule has 4 rings (SSSR count). The molecule has 2 saturated heterocycles. The molecule has 4 nitrogen and oxygen atoms in total. The second-order valence-electron chi connectivity index (χ2n) is 6.16. The van der Waals surface area contributed by atoms with E-state index in [-0.39, 0.29) is 17.9 Å². The van der Waals surface area contributed by atoms with Crippen molar-refractivity contribution in [3.63, 3.8) is 0 Å². The Kier molecular flexibility index (Phi) is 3.63. The number of benzene rings is 2. The van der Waals surface area contributed by atoms with Crippen LogP contribution in [0.25, 0.3) is 0 Å². The first-order valence-corrected chi connectivity index (χ1v) is 7.96. The first-order valence-electron chi connectivity index (χ1n) is 7.96. The van der Waals surface area contributed by atoms with Gasteiger partial charge in [0.25, 0.3) is 0 Å². The molecule has 0 aliphatic carbocycles. The van der Waals surface area contributed by atoms with E-state index in [0.29, 0.717) is 13.0 Å². The van der Waals surface area contributed by atoms with Gasteiger partial charge in [-0.1, -0.05) is 60.7 Å². The molecule has 0 spiro atoms. The van der Waals surface area contributed by atoms with Gasteiger partial charge in [-0.3, -0.25) is 4.79 Å². The highest BCUT2D eigenvalue weighted by Crippen LogP contribution is 2.41. The second kappa shape index (κ2) is 5.80. The van der Waals surface area contributed by atoms with Gasteiger partial charge in [0.2, 0.25) is 5.91 Å². The summed E-state index contributed by atoms with van der Waals surface area (Å²) >= 11 is 0. The molecule has 4 heteroatoms. The molecule has 2 aromatic rings. The number of fused-ring (bicyclic) bond motifs is 1. The molecular weight excluding hydrogens is 290 g/mol. The predicted molar refractivity (Wildman–Crippen MR) is 85.6 cm³/mol. The third-order valence-corrected chi connectivity index (χ3v) is 4.83. The van der Waals surface area contributed by atoms with Crippen LogP contribution in [0.15, 0.2) is 60.7 Å². The second-order valence-corrected chi connectivity index (χ2v) is 6.16. The molecule has 2 aliphatic heterocycles. The van der Waals surface area contributed by atoms with Crippen molar-refractivity contribution in [1.82, 2.24) is 4.90 Å². The average Bonchev–Trinajstić information content (AvgIpc) is 3.06. The highest BCUT2D eigenvalue weighted by atomic mass is 16.5. The standard InChI is InChI=1S/C19H19NO3/c21-17-11-15(13-7-3-1-4-8-13)18(22)19-20(17)16(12-23-19)14-9-5-2-6-10-14/h1-10,15-16,18-19,22H,11-12H2/t15-,16+,18-,19-/m1/s1. The molecule has 0 bridgehead atoms. The lowest BCUT2D eigenvalue weighted by atomic mass is 9.85. The Bertz CT molecular complexity index is 651. The van der Waals surface area contributed by atoms with Crippen molar-refractivity contribution in [1.29, 1.82) is 0 Å². The molecule has 0 saturated carbocycles. The molecule has 2 aromatic carbocycles. The third-order valence-electron chi connectivity index (χ3n) is 4.83. The summed E-state index contributed by atoms with van der Waals surface area (Å²) in [6, 6.07) is 19.5. The lowest BCUT2D eigenvalue weighted by Gasteiger charge is -2.40. The fourth-order valence-corrected chi connectivity index (χ4v) is 3.67. The number of hydrogen-bond donors (Lipinski definition) is 1. The van der Waals surface area contributed by atoms with Gasteiger partial charge in [-0.05, 0) is 11.1 Å². The number of nitrogens with zero attached hydrogens (tertiary/aromatic N) is 1. The maximum absolute atomic E-state index is 12.7. The molecule has 4 atom stereocenters. The Morgan fingerprint density at radius 3 is 2.22 bits per heavy atom. The summed E-state index contributed by atoms with van der Waals surface area (Å²) in [5.74, 6) is -0.167. The van der Waals surface area contributed by atoms with Crippen LogP contribution in [0, 0.1) is 0 Å². The number of piperidine rings is 1. The fraction of sp³-hybridized carbons (Fsp3) is 0.316. The Morgan fingerprint density at radius 1 is 0.957 bits per heavy atom. The highest BCUT2D eigenvalue weighted by molar-refractivity contribution is 5.79. The number of hydrogen-bond acceptors (Lipinski definition) is 3. The van der Waals surface area contributed by atoms with Gasteiger partial charge >= 0.3 is 0 Å². The summed E-state index contributed by atoms with van der Waals surface area (Å²) in [6.45, 7) is 0.430. The van der Waals surface area contributed by atoms with Gasteiger partial charge in [0, 0.05) is 12.3 Å². The predicted octanol–water partition coefficient (Wildman–Crippen LogP) is 2.46. The molecule has 1 N–H and O–H groups in total. The number of aliphatic hydroxyl groups excluding tert-OH is 1. The SMILES string of the molecule is O=C1C[C@H](c2ccccc2)[C@@H](O)[C@H]2OC[C@@H](c3ccccc3)N12. The van der Waals surface area contributed by atoms with Crippen LogP contribution in [0.2, 0.25) is 0 Å². The Balaban J connectivity index is 1.63. The lowest BCUT2D eigenvalue weighted by Crippen LogP contribution is -2.52. The Hall–Kier alpha value is -2.17. The van der Waals surface area contributed by atoms with Crippen LogP contribution in [0.5, 0.6) is 0 Å². The van der Waals surface area contributed by atoms with E-state index in [1.807, 2.05) is 60.7 Å². The minimum atomic E-state index is -0.705. The topological polar surface area (TPSA) is 49.8 Å². The number of ether oxygens (including phenoxy) is 1. The van der Waals surface area contributed by atoms with E-state index < -0.39 is 12.3 Å². The normalized spacial score (nSPS) is 30.3. The van der Waals surface area contributed by atoms with Crippen LogP contribution in [-0.2, 0) is 9.53 Å². The van der Waals surface area contributed by atoms with E-state index in [1.54, 1.807) is 4.90 Å². The maximum atomic E-state index is 12.7. The van der Waals surface area contributed by atoms with E-state index in [2.05, 4.69) is 0 Å². The summed E-state index contributed by atoms with van der Waals surface area (Å²) in [5, 5.41) is 10.8. The summed E-state index contributed by atoms with van der Waals surface area (Å²) in [7, 11) is 0. The smallest absolute Gasteiger partial charge is 0.225 e. The summed E-state index contributed by atoms with van der Waals surface area (Å²) in [6.07, 6.45) is -0.954. The van der Waals surface area contributed by atoms with Crippen LogP contribution < -0.4 is 0 Å². The van der Waals surface area contributed by atoms with E-state index in [9.17, 15) is 9.90 Å². The van der Waals surface area contributed by atoms with Gasteiger partial charge in [-0.15, -0.1) is 0 Å². The minimum absolute atomic E-state index is 0.0421. The van der Waals surface area contributed by atoms with Crippen LogP contribution in [-0.4, -0.2) is 34.9 Å². The molecular formula is C19H19NO3. The minimum Gasteiger partial charge on any atom is -0.388 e. The van der Waals surface area contributed by atoms with Crippen LogP contribution in [0.1, 0.15) is 29.5 Å². The molecule has 2 fully saturated rings. The molecule has 1 amide bonds. The molecule has 2 heterocycles. The van der Waals surface area contributed by atoms with Gasteiger partial charge in [0.15, 0.2) is 6.23 Å². The van der Waals surface area contributed by atoms with Crippen molar-refractivity contribution in [2.75, 3.05) is 6.61 Å². The van der Waals surface area contributed by atoms with Crippen LogP contribution in [0.4, 0.5) is 0 Å². The first-order chi connectivity index (χ1) is 11.3. The number of carbonyl (C=O) groups excluding carboxylic acids is 1. The average molecular weight is 309 g/mol. The van der Waals surface area contributed by atoms with Gasteiger partial charge in [-0.2, -0.15) is 0 Å². The van der Waals surface area contributed by atoms with E-state index in [0.717, 1.165) is 11.1 Å². The molecule has 118 valence electrons. The van der Waals surface area contributed by atoms with Gasteiger partial charge in [-0.25, -0.2) is 0 Å². The number of rotatable bonds is 2. The lowest BCUT2D eigenvalue weighted by molar-refractivity contribution is -0.157. The Labute approximate surface area is 135 Å². The van der Waals surface area contributed by atoms with Crippen LogP contribution >= 0.6 is 0 Å². The first kappa shape index (κ1) is 14.4. The fourth-order valence-electron chi connectivity index (χ4n) is 3.67. The largest absolute Gasteiger partial charge is 0.388 e. The van der Waals surface area contributed by atoms with Crippen molar-refractivity contribution in [2.45, 2.75) is 30.7 Å². The molecule has 23 heavy (non-hydrogen) atoms. The third kappa shape index (κ3) is 2.44. The number of aliphatic hydroxyl groups is 1. The Morgan fingerprint density at radius 2 is 1.57 bits per heavy atom. The zero-order valence-corrected chi connectivity index (χ0v) is 12.7. The van der Waals surface area contributed by atoms with Gasteiger partial charge < -0.3 is 14.7 Å². The monoisotopic (exact) mass is 309 g/mol. The van der Waals surface area contributed by atoms with Gasteiger partial charge in [0.05, 0.1) is 12.6 Å². The van der Waals surface area contributed by atoms with E-state index in [1.165, 1.54) is 0 Å². The van der Waals surface area contributed by atoms with Crippen molar-refractivity contribution in [3.8, 4) is 0 Å². The van der Waals surface area contributed by atoms with Crippen molar-refractivity contribution in [3.05, 3.63) is 71.8 Å². The molecule has 0 aromatic heterocycles. The summed E-state index contributed by atoms with van der Waals surface area (Å²) < 4.78 is 5.81. The van der Waals surface area contributed by atoms with Crippen molar-refractivity contribution < 1.29 is 14.6 Å². The van der Waals surface area contributed by atoms with Crippen molar-refractivity contribution >= 4 is 5.91 Å². The molecule has 2 aliphatic rings. The molecule has 0 radical (unpaired) electrons. The quantitative estimate of drug-likeness (QED) is 0.927. The van der Waals surface area contributed by atoms with E-state index in [4.69, 9.17) is 4.74 Å². The summed E-state index contributed by atoms with van der Waals surface area (Å²) in [4.78, 5) is 14.4. The number of carbonyl (C=O) groups is 1. The van der Waals surface area contributed by atoms with Crippen LogP contribution in [0.3, 0.4) is 0 Å². The van der Waals surface area contributed by atoms with Gasteiger partial charge in [0.1, 0.15) is 6.10 Å². The number of amides is 1.